The number of hydrogen-bond acceptors (Lipinski definition) is 6. The molecule has 1 aromatic carbocycles. The number of aromatic nitrogens is 1. The average molecular weight is 359 g/mol. The number of benzene rings is 1. The maximum absolute atomic E-state index is 12.5. The van der Waals surface area contributed by atoms with Crippen molar-refractivity contribution >= 4 is 43.8 Å². The molecule has 120 valence electrons. The number of nitrogens with zero attached hydrogens (tertiary/aromatic N) is 2. The van der Waals surface area contributed by atoms with Gasteiger partial charge in [0.05, 0.1) is 4.92 Å². The summed E-state index contributed by atoms with van der Waals surface area (Å²) in [4.78, 5) is 12.9. The molecule has 0 bridgehead atoms. The topological polar surface area (TPSA) is 117 Å². The van der Waals surface area contributed by atoms with Crippen LogP contribution in [0, 0.1) is 21.4 Å². The molecule has 0 radical (unpaired) electrons. The number of nitriles is 1. The van der Waals surface area contributed by atoms with E-state index >= 15 is 0 Å². The number of sulfone groups is 1. The van der Waals surface area contributed by atoms with Gasteiger partial charge in [-0.2, -0.15) is 5.26 Å². The van der Waals surface area contributed by atoms with Crippen LogP contribution in [0.3, 0.4) is 0 Å². The number of nitrogens with one attached hydrogen (secondary N) is 1. The third kappa shape index (κ3) is 2.68. The van der Waals surface area contributed by atoms with Gasteiger partial charge in [0.15, 0.2) is 4.91 Å². The second-order valence-corrected chi connectivity index (χ2v) is 7.88. The van der Waals surface area contributed by atoms with Crippen LogP contribution in [0.5, 0.6) is 0 Å². The van der Waals surface area contributed by atoms with E-state index in [0.29, 0.717) is 16.5 Å². The molecule has 2 aromatic heterocycles. The number of non-ortho nitro benzene ring substituents is 1. The highest BCUT2D eigenvalue weighted by atomic mass is 32.2. The van der Waals surface area contributed by atoms with Crippen LogP contribution < -0.4 is 0 Å². The van der Waals surface area contributed by atoms with Crippen LogP contribution in [0.25, 0.3) is 17.0 Å². The summed E-state index contributed by atoms with van der Waals surface area (Å²) < 4.78 is 25.0. The van der Waals surface area contributed by atoms with Crippen LogP contribution in [0.4, 0.5) is 5.69 Å². The molecule has 2 heterocycles. The Morgan fingerprint density at radius 3 is 2.79 bits per heavy atom. The molecule has 9 heteroatoms. The van der Waals surface area contributed by atoms with Gasteiger partial charge in [-0.3, -0.25) is 10.1 Å². The van der Waals surface area contributed by atoms with Crippen LogP contribution in [0.15, 0.2) is 51.0 Å². The Kier molecular flexibility index (Phi) is 3.92. The van der Waals surface area contributed by atoms with Crippen LogP contribution in [-0.4, -0.2) is 18.3 Å². The molecule has 0 aliphatic rings. The smallest absolute Gasteiger partial charge is 0.270 e. The van der Waals surface area contributed by atoms with Gasteiger partial charge in [-0.15, -0.1) is 11.3 Å². The summed E-state index contributed by atoms with van der Waals surface area (Å²) in [5.41, 5.74) is 0.888. The van der Waals surface area contributed by atoms with E-state index < -0.39 is 19.7 Å². The predicted molar refractivity (Wildman–Crippen MR) is 90.0 cm³/mol. The van der Waals surface area contributed by atoms with E-state index in [0.717, 1.165) is 11.3 Å². The van der Waals surface area contributed by atoms with E-state index in [9.17, 15) is 23.8 Å². The first-order chi connectivity index (χ1) is 11.4. The van der Waals surface area contributed by atoms with Gasteiger partial charge >= 0.3 is 0 Å². The fourth-order valence-electron chi connectivity index (χ4n) is 2.20. The molecule has 0 amide bonds. The average Bonchev–Trinajstić information content (AvgIpc) is 3.22. The SMILES string of the molecule is N#CC(=Cc1c[nH]c2ccc([N+](=O)[O-])cc12)S(=O)(=O)c1cccs1. The number of H-pyrrole nitrogens is 1. The van der Waals surface area contributed by atoms with Gasteiger partial charge in [-0.1, -0.05) is 6.07 Å². The molecule has 0 saturated carbocycles. The van der Waals surface area contributed by atoms with E-state index in [1.165, 1.54) is 36.5 Å². The summed E-state index contributed by atoms with van der Waals surface area (Å²) >= 11 is 1.02. The van der Waals surface area contributed by atoms with Crippen molar-refractivity contribution in [2.45, 2.75) is 4.21 Å². The van der Waals surface area contributed by atoms with E-state index in [-0.39, 0.29) is 9.90 Å². The summed E-state index contributed by atoms with van der Waals surface area (Å²) in [6, 6.07) is 8.93. The maximum Gasteiger partial charge on any atom is 0.270 e. The summed E-state index contributed by atoms with van der Waals surface area (Å²) in [5.74, 6) is 0. The standard InChI is InChI=1S/C15H9N3O4S2/c16-8-12(24(21,22)15-2-1-5-23-15)6-10-9-17-14-4-3-11(18(19)20)7-13(10)14/h1-7,9,17H. The van der Waals surface area contributed by atoms with Crippen molar-refractivity contribution in [1.82, 2.24) is 4.98 Å². The van der Waals surface area contributed by atoms with E-state index in [2.05, 4.69) is 4.98 Å². The van der Waals surface area contributed by atoms with E-state index in [1.807, 2.05) is 0 Å². The predicted octanol–water partition coefficient (Wildman–Crippen LogP) is 3.48. The monoisotopic (exact) mass is 359 g/mol. The highest BCUT2D eigenvalue weighted by Gasteiger charge is 2.22. The third-order valence-electron chi connectivity index (χ3n) is 3.35. The summed E-state index contributed by atoms with van der Waals surface area (Å²) in [5, 5.41) is 22.2. The van der Waals surface area contributed by atoms with Gasteiger partial charge in [0, 0.05) is 34.8 Å². The largest absolute Gasteiger partial charge is 0.361 e. The van der Waals surface area contributed by atoms with Crippen molar-refractivity contribution < 1.29 is 13.3 Å². The molecule has 0 spiro atoms. The first-order valence-electron chi connectivity index (χ1n) is 6.59. The van der Waals surface area contributed by atoms with Crippen molar-refractivity contribution in [1.29, 1.82) is 5.26 Å². The molecule has 7 nitrogen and oxygen atoms in total. The molecule has 0 fully saturated rings. The van der Waals surface area contributed by atoms with Crippen LogP contribution in [0.1, 0.15) is 5.56 Å². The van der Waals surface area contributed by atoms with Crippen LogP contribution >= 0.6 is 11.3 Å². The van der Waals surface area contributed by atoms with Crippen molar-refractivity contribution in [2.75, 3.05) is 0 Å². The number of aromatic amines is 1. The fraction of sp³-hybridized carbons (Fsp3) is 0. The van der Waals surface area contributed by atoms with Crippen molar-refractivity contribution in [3.63, 3.8) is 0 Å². The number of nitro benzene ring substituents is 1. The van der Waals surface area contributed by atoms with Crippen LogP contribution in [-0.2, 0) is 9.84 Å². The Morgan fingerprint density at radius 1 is 1.38 bits per heavy atom. The Labute approximate surface area is 140 Å². The van der Waals surface area contributed by atoms with Gasteiger partial charge in [0.2, 0.25) is 9.84 Å². The number of hydrogen-bond donors (Lipinski definition) is 1. The molecular formula is C15H9N3O4S2. The molecule has 3 aromatic rings. The molecule has 24 heavy (non-hydrogen) atoms. The number of thiophene rings is 1. The molecule has 0 aliphatic heterocycles. The summed E-state index contributed by atoms with van der Waals surface area (Å²) in [6.45, 7) is 0. The van der Waals surface area contributed by atoms with Crippen LogP contribution in [0.2, 0.25) is 0 Å². The first kappa shape index (κ1) is 15.9. The van der Waals surface area contributed by atoms with Gasteiger partial charge < -0.3 is 4.98 Å². The zero-order valence-corrected chi connectivity index (χ0v) is 13.6. The lowest BCUT2D eigenvalue weighted by Gasteiger charge is -1.99. The Balaban J connectivity index is 2.16. The van der Waals surface area contributed by atoms with Crippen molar-refractivity contribution in [3.8, 4) is 6.07 Å². The molecular weight excluding hydrogens is 350 g/mol. The molecule has 0 saturated heterocycles. The maximum atomic E-state index is 12.5. The number of fused-ring (bicyclic) bond motifs is 1. The lowest BCUT2D eigenvalue weighted by atomic mass is 10.1. The summed E-state index contributed by atoms with van der Waals surface area (Å²) in [6.07, 6.45) is 2.73. The van der Waals surface area contributed by atoms with Gasteiger partial charge in [0.25, 0.3) is 5.69 Å². The second kappa shape index (κ2) is 5.92. The molecule has 0 atom stereocenters. The zero-order valence-electron chi connectivity index (χ0n) is 12.0. The number of nitro groups is 1. The molecule has 0 aliphatic carbocycles. The van der Waals surface area contributed by atoms with Gasteiger partial charge in [-0.25, -0.2) is 8.42 Å². The molecule has 0 unspecified atom stereocenters. The number of allylic oxidation sites excluding steroid dienone is 1. The normalized spacial score (nSPS) is 12.2. The van der Waals surface area contributed by atoms with Crippen molar-refractivity contribution in [2.24, 2.45) is 0 Å². The minimum absolute atomic E-state index is 0.0705. The van der Waals surface area contributed by atoms with Crippen molar-refractivity contribution in [3.05, 3.63) is 62.5 Å². The second-order valence-electron chi connectivity index (χ2n) is 4.79. The molecule has 3 rings (SSSR count). The van der Waals surface area contributed by atoms with E-state index in [4.69, 9.17) is 0 Å². The fourth-order valence-corrected chi connectivity index (χ4v) is 4.47. The zero-order chi connectivity index (χ0) is 17.3. The van der Waals surface area contributed by atoms with Gasteiger partial charge in [-0.05, 0) is 23.6 Å². The Bertz CT molecular complexity index is 1100. The third-order valence-corrected chi connectivity index (χ3v) is 6.42. The summed E-state index contributed by atoms with van der Waals surface area (Å²) in [7, 11) is -3.91. The lowest BCUT2D eigenvalue weighted by molar-refractivity contribution is -0.384. The molecule has 1 N–H and O–H groups in total. The quantitative estimate of drug-likeness (QED) is 0.435. The minimum atomic E-state index is -3.91. The Hall–Kier alpha value is -2.96. The highest BCUT2D eigenvalue weighted by molar-refractivity contribution is 7.97. The highest BCUT2D eigenvalue weighted by Crippen LogP contribution is 2.29. The lowest BCUT2D eigenvalue weighted by Crippen LogP contribution is -2.01. The Morgan fingerprint density at radius 2 is 2.17 bits per heavy atom. The van der Waals surface area contributed by atoms with E-state index in [1.54, 1.807) is 17.5 Å². The minimum Gasteiger partial charge on any atom is -0.361 e. The number of rotatable bonds is 4. The first-order valence-corrected chi connectivity index (χ1v) is 8.95. The van der Waals surface area contributed by atoms with Gasteiger partial charge in [0.1, 0.15) is 10.3 Å².